The molecule has 0 saturated heterocycles. The molecule has 1 atom stereocenters. The molecule has 1 aromatic heterocycles. The molecule has 1 aromatic carbocycles. The van der Waals surface area contributed by atoms with Gasteiger partial charge in [-0.05, 0) is 55.2 Å². The van der Waals surface area contributed by atoms with Crippen LogP contribution in [0.3, 0.4) is 0 Å². The van der Waals surface area contributed by atoms with Crippen molar-refractivity contribution < 1.29 is 5.11 Å². The maximum absolute atomic E-state index is 9.29. The molecule has 1 aliphatic rings. The van der Waals surface area contributed by atoms with Gasteiger partial charge in [0.2, 0.25) is 0 Å². The lowest BCUT2D eigenvalue weighted by molar-refractivity contribution is 0.475. The standard InChI is InChI=1S/C15H16N2O/c16-12-4-8-15-11(9-12)3-7-14(17-15)10-1-5-13(18)6-2-10/h1-3,5-7,12,18H,4,8-9,16H2. The first-order chi connectivity index (χ1) is 8.72. The topological polar surface area (TPSA) is 59.1 Å². The number of nitrogens with two attached hydrogens (primary N) is 1. The summed E-state index contributed by atoms with van der Waals surface area (Å²) in [7, 11) is 0. The summed E-state index contributed by atoms with van der Waals surface area (Å²) < 4.78 is 0. The molecule has 3 nitrogen and oxygen atoms in total. The van der Waals surface area contributed by atoms with Crippen molar-refractivity contribution >= 4 is 0 Å². The molecule has 1 unspecified atom stereocenters. The zero-order valence-corrected chi connectivity index (χ0v) is 10.1. The molecular formula is C15H16N2O. The minimum atomic E-state index is 0.277. The van der Waals surface area contributed by atoms with Crippen LogP contribution in [0.5, 0.6) is 5.75 Å². The Labute approximate surface area is 106 Å². The average molecular weight is 240 g/mol. The number of hydrogen-bond donors (Lipinski definition) is 2. The first-order valence-corrected chi connectivity index (χ1v) is 6.26. The number of aryl methyl sites for hydroxylation is 1. The smallest absolute Gasteiger partial charge is 0.115 e. The Bertz CT molecular complexity index is 563. The molecule has 0 fully saturated rings. The summed E-state index contributed by atoms with van der Waals surface area (Å²) in [5.41, 5.74) is 10.4. The molecule has 1 aliphatic carbocycles. The number of nitrogens with zero attached hydrogens (tertiary/aromatic N) is 1. The highest BCUT2D eigenvalue weighted by Crippen LogP contribution is 2.25. The molecule has 18 heavy (non-hydrogen) atoms. The summed E-state index contributed by atoms with van der Waals surface area (Å²) in [6.07, 6.45) is 2.90. The number of benzene rings is 1. The Hall–Kier alpha value is -1.87. The van der Waals surface area contributed by atoms with Gasteiger partial charge in [-0.15, -0.1) is 0 Å². The molecule has 0 aliphatic heterocycles. The van der Waals surface area contributed by atoms with E-state index in [0.29, 0.717) is 0 Å². The first kappa shape index (κ1) is 11.2. The van der Waals surface area contributed by atoms with Crippen LogP contribution >= 0.6 is 0 Å². The van der Waals surface area contributed by atoms with Crippen LogP contribution < -0.4 is 5.73 Å². The molecule has 1 heterocycles. The highest BCUT2D eigenvalue weighted by atomic mass is 16.3. The molecule has 92 valence electrons. The average Bonchev–Trinajstić information content (AvgIpc) is 2.39. The summed E-state index contributed by atoms with van der Waals surface area (Å²) in [5.74, 6) is 0.280. The first-order valence-electron chi connectivity index (χ1n) is 6.26. The summed E-state index contributed by atoms with van der Waals surface area (Å²) in [6.45, 7) is 0. The summed E-state index contributed by atoms with van der Waals surface area (Å²) in [4.78, 5) is 4.71. The highest BCUT2D eigenvalue weighted by molar-refractivity contribution is 5.60. The molecule has 0 radical (unpaired) electrons. The second-order valence-electron chi connectivity index (χ2n) is 4.85. The van der Waals surface area contributed by atoms with E-state index in [4.69, 9.17) is 10.7 Å². The Kier molecular flexibility index (Phi) is 2.76. The number of aromatic hydroxyl groups is 1. The zero-order valence-electron chi connectivity index (χ0n) is 10.1. The van der Waals surface area contributed by atoms with Gasteiger partial charge in [-0.2, -0.15) is 0 Å². The zero-order chi connectivity index (χ0) is 12.5. The monoisotopic (exact) mass is 240 g/mol. The second-order valence-corrected chi connectivity index (χ2v) is 4.85. The third-order valence-electron chi connectivity index (χ3n) is 3.47. The van der Waals surface area contributed by atoms with Crippen LogP contribution in [0.15, 0.2) is 36.4 Å². The molecule has 2 aromatic rings. The van der Waals surface area contributed by atoms with Gasteiger partial charge in [0.25, 0.3) is 0 Å². The van der Waals surface area contributed by atoms with Crippen LogP contribution in [0.25, 0.3) is 11.3 Å². The molecule has 0 spiro atoms. The molecule has 3 N–H and O–H groups in total. The molecule has 0 saturated carbocycles. The Morgan fingerprint density at radius 1 is 1.11 bits per heavy atom. The predicted octanol–water partition coefficient (Wildman–Crippen LogP) is 2.27. The van der Waals surface area contributed by atoms with E-state index >= 15 is 0 Å². The van der Waals surface area contributed by atoms with Gasteiger partial charge in [0.05, 0.1) is 5.69 Å². The van der Waals surface area contributed by atoms with Gasteiger partial charge < -0.3 is 10.8 Å². The number of phenols is 1. The Morgan fingerprint density at radius 2 is 1.89 bits per heavy atom. The predicted molar refractivity (Wildman–Crippen MR) is 71.3 cm³/mol. The molecule has 3 rings (SSSR count). The van der Waals surface area contributed by atoms with Crippen LogP contribution in [-0.2, 0) is 12.8 Å². The molecule has 3 heteroatoms. The van der Waals surface area contributed by atoms with Crippen molar-refractivity contribution in [3.05, 3.63) is 47.7 Å². The van der Waals surface area contributed by atoms with E-state index in [2.05, 4.69) is 6.07 Å². The summed E-state index contributed by atoms with van der Waals surface area (Å²) >= 11 is 0. The van der Waals surface area contributed by atoms with Crippen molar-refractivity contribution in [2.24, 2.45) is 5.73 Å². The van der Waals surface area contributed by atoms with Crippen molar-refractivity contribution in [1.82, 2.24) is 4.98 Å². The molecule has 0 amide bonds. The Morgan fingerprint density at radius 3 is 2.67 bits per heavy atom. The second kappa shape index (κ2) is 4.42. The van der Waals surface area contributed by atoms with Gasteiger partial charge in [0, 0.05) is 17.3 Å². The summed E-state index contributed by atoms with van der Waals surface area (Å²) in [6, 6.07) is 11.6. The van der Waals surface area contributed by atoms with Gasteiger partial charge in [-0.25, -0.2) is 0 Å². The number of hydrogen-bond acceptors (Lipinski definition) is 3. The van der Waals surface area contributed by atoms with E-state index in [1.54, 1.807) is 12.1 Å². The fraction of sp³-hybridized carbons (Fsp3) is 0.267. The van der Waals surface area contributed by atoms with Gasteiger partial charge >= 0.3 is 0 Å². The molecular weight excluding hydrogens is 224 g/mol. The van der Waals surface area contributed by atoms with Crippen LogP contribution in [0.4, 0.5) is 0 Å². The highest BCUT2D eigenvalue weighted by Gasteiger charge is 2.16. The van der Waals surface area contributed by atoms with Crippen molar-refractivity contribution in [2.45, 2.75) is 25.3 Å². The van der Waals surface area contributed by atoms with E-state index < -0.39 is 0 Å². The largest absolute Gasteiger partial charge is 0.508 e. The Balaban J connectivity index is 1.97. The third kappa shape index (κ3) is 2.09. The third-order valence-corrected chi connectivity index (χ3v) is 3.47. The number of aromatic nitrogens is 1. The minimum Gasteiger partial charge on any atom is -0.508 e. The fourth-order valence-corrected chi connectivity index (χ4v) is 2.43. The van der Waals surface area contributed by atoms with Crippen LogP contribution in [0.1, 0.15) is 17.7 Å². The van der Waals surface area contributed by atoms with Gasteiger partial charge in [-0.3, -0.25) is 4.98 Å². The number of rotatable bonds is 1. The number of phenolic OH excluding ortho intramolecular Hbond substituents is 1. The van der Waals surface area contributed by atoms with Gasteiger partial charge in [0.15, 0.2) is 0 Å². The number of fused-ring (bicyclic) bond motifs is 1. The maximum atomic E-state index is 9.29. The molecule has 0 bridgehead atoms. The SMILES string of the molecule is NC1CCc2nc(-c3ccc(O)cc3)ccc2C1. The van der Waals surface area contributed by atoms with Gasteiger partial charge in [0.1, 0.15) is 5.75 Å². The van der Waals surface area contributed by atoms with Crippen molar-refractivity contribution in [1.29, 1.82) is 0 Å². The van der Waals surface area contributed by atoms with Crippen molar-refractivity contribution in [3.8, 4) is 17.0 Å². The quantitative estimate of drug-likeness (QED) is 0.804. The van der Waals surface area contributed by atoms with E-state index in [9.17, 15) is 5.11 Å². The van der Waals surface area contributed by atoms with Crippen LogP contribution in [0.2, 0.25) is 0 Å². The van der Waals surface area contributed by atoms with Crippen molar-refractivity contribution in [3.63, 3.8) is 0 Å². The lowest BCUT2D eigenvalue weighted by Gasteiger charge is -2.21. The number of pyridine rings is 1. The minimum absolute atomic E-state index is 0.277. The van der Waals surface area contributed by atoms with E-state index in [-0.39, 0.29) is 11.8 Å². The maximum Gasteiger partial charge on any atom is 0.115 e. The lowest BCUT2D eigenvalue weighted by Crippen LogP contribution is -2.28. The van der Waals surface area contributed by atoms with Crippen LogP contribution in [-0.4, -0.2) is 16.1 Å². The van der Waals surface area contributed by atoms with Crippen molar-refractivity contribution in [2.75, 3.05) is 0 Å². The lowest BCUT2D eigenvalue weighted by atomic mass is 9.92. The van der Waals surface area contributed by atoms with E-state index in [1.807, 2.05) is 18.2 Å². The van der Waals surface area contributed by atoms with Gasteiger partial charge in [-0.1, -0.05) is 6.07 Å². The van der Waals surface area contributed by atoms with E-state index in [0.717, 1.165) is 30.5 Å². The normalized spacial score (nSPS) is 18.4. The van der Waals surface area contributed by atoms with E-state index in [1.165, 1.54) is 11.3 Å². The fourth-order valence-electron chi connectivity index (χ4n) is 2.43. The summed E-state index contributed by atoms with van der Waals surface area (Å²) in [5, 5.41) is 9.29. The van der Waals surface area contributed by atoms with Crippen LogP contribution in [0, 0.1) is 0 Å².